The Labute approximate surface area is 114 Å². The third-order valence-electron chi connectivity index (χ3n) is 2.39. The van der Waals surface area contributed by atoms with Crippen molar-refractivity contribution in [3.05, 3.63) is 22.7 Å². The zero-order valence-corrected chi connectivity index (χ0v) is 11.9. The van der Waals surface area contributed by atoms with Gasteiger partial charge in [0.2, 0.25) is 0 Å². The molecule has 2 aromatic rings. The number of nitrogens with one attached hydrogen (secondary N) is 2. The molecule has 0 aliphatic heterocycles. The zero-order chi connectivity index (χ0) is 13.3. The van der Waals surface area contributed by atoms with Gasteiger partial charge in [0.25, 0.3) is 0 Å². The molecular formula is C12H14ClN3OS. The number of halogens is 1. The average molecular weight is 284 g/mol. The van der Waals surface area contributed by atoms with Crippen LogP contribution in [-0.2, 0) is 0 Å². The molecule has 0 spiro atoms. The lowest BCUT2D eigenvalue weighted by Crippen LogP contribution is -2.34. The van der Waals surface area contributed by atoms with Gasteiger partial charge in [0, 0.05) is 11.1 Å². The smallest absolute Gasteiger partial charge is 0.321 e. The fourth-order valence-corrected chi connectivity index (χ4v) is 2.62. The van der Waals surface area contributed by atoms with E-state index in [1.807, 2.05) is 32.9 Å². The summed E-state index contributed by atoms with van der Waals surface area (Å²) >= 11 is 7.47. The average Bonchev–Trinajstić information content (AvgIpc) is 2.66. The monoisotopic (exact) mass is 283 g/mol. The molecule has 1 aromatic heterocycles. The molecule has 0 fully saturated rings. The molecule has 0 bridgehead atoms. The highest BCUT2D eigenvalue weighted by Gasteiger charge is 2.11. The van der Waals surface area contributed by atoms with Crippen molar-refractivity contribution in [1.82, 2.24) is 10.3 Å². The molecule has 96 valence electrons. The third kappa shape index (κ3) is 2.73. The first-order valence-corrected chi connectivity index (χ1v) is 6.80. The summed E-state index contributed by atoms with van der Waals surface area (Å²) in [6.07, 6.45) is 0. The van der Waals surface area contributed by atoms with Crippen molar-refractivity contribution in [2.24, 2.45) is 0 Å². The van der Waals surface area contributed by atoms with Crippen LogP contribution < -0.4 is 10.6 Å². The second-order valence-electron chi connectivity index (χ2n) is 4.29. The van der Waals surface area contributed by atoms with Gasteiger partial charge in [0.05, 0.1) is 10.2 Å². The number of urea groups is 1. The molecule has 1 heterocycles. The van der Waals surface area contributed by atoms with E-state index < -0.39 is 0 Å². The van der Waals surface area contributed by atoms with Crippen LogP contribution in [0.1, 0.15) is 19.4 Å². The van der Waals surface area contributed by atoms with Gasteiger partial charge in [-0.2, -0.15) is 0 Å². The van der Waals surface area contributed by atoms with Crippen molar-refractivity contribution in [3.8, 4) is 0 Å². The SMILES string of the molecule is Cc1c(Cl)ccc2sc(NC(=O)NC(C)C)nc12. The van der Waals surface area contributed by atoms with Crippen LogP contribution in [0.15, 0.2) is 12.1 Å². The summed E-state index contributed by atoms with van der Waals surface area (Å²) in [5, 5.41) is 6.74. The predicted molar refractivity (Wildman–Crippen MR) is 76.7 cm³/mol. The number of hydrogen-bond acceptors (Lipinski definition) is 3. The van der Waals surface area contributed by atoms with E-state index in [0.717, 1.165) is 15.8 Å². The van der Waals surface area contributed by atoms with Crippen LogP contribution in [0.25, 0.3) is 10.2 Å². The second kappa shape index (κ2) is 5.12. The molecule has 0 saturated heterocycles. The van der Waals surface area contributed by atoms with Crippen molar-refractivity contribution in [3.63, 3.8) is 0 Å². The Morgan fingerprint density at radius 2 is 2.17 bits per heavy atom. The number of aryl methyl sites for hydroxylation is 1. The first kappa shape index (κ1) is 13.1. The quantitative estimate of drug-likeness (QED) is 0.881. The largest absolute Gasteiger partial charge is 0.336 e. The van der Waals surface area contributed by atoms with Gasteiger partial charge in [-0.25, -0.2) is 9.78 Å². The van der Waals surface area contributed by atoms with Crippen LogP contribution >= 0.6 is 22.9 Å². The Bertz CT molecular complexity index is 594. The van der Waals surface area contributed by atoms with Crippen molar-refractivity contribution in [2.75, 3.05) is 5.32 Å². The molecule has 4 nitrogen and oxygen atoms in total. The molecule has 18 heavy (non-hydrogen) atoms. The molecule has 1 aromatic carbocycles. The first-order valence-electron chi connectivity index (χ1n) is 5.60. The summed E-state index contributed by atoms with van der Waals surface area (Å²) in [4.78, 5) is 16.0. The number of anilines is 1. The number of hydrogen-bond donors (Lipinski definition) is 2. The number of carbonyl (C=O) groups excluding carboxylic acids is 1. The minimum absolute atomic E-state index is 0.0931. The topological polar surface area (TPSA) is 54.0 Å². The molecule has 0 aliphatic rings. The Kier molecular flexibility index (Phi) is 3.73. The number of fused-ring (bicyclic) bond motifs is 1. The molecule has 0 unspecified atom stereocenters. The van der Waals surface area contributed by atoms with Crippen LogP contribution in [-0.4, -0.2) is 17.1 Å². The van der Waals surface area contributed by atoms with E-state index in [-0.39, 0.29) is 12.1 Å². The molecule has 0 atom stereocenters. The summed E-state index contributed by atoms with van der Waals surface area (Å²) in [6.45, 7) is 5.73. The Morgan fingerprint density at radius 3 is 2.83 bits per heavy atom. The van der Waals surface area contributed by atoms with Crippen LogP contribution in [0.4, 0.5) is 9.93 Å². The maximum atomic E-state index is 11.6. The van der Waals surface area contributed by atoms with E-state index in [4.69, 9.17) is 11.6 Å². The summed E-state index contributed by atoms with van der Waals surface area (Å²) in [7, 11) is 0. The Balaban J connectivity index is 2.25. The number of carbonyl (C=O) groups is 1. The molecule has 2 N–H and O–H groups in total. The maximum Gasteiger partial charge on any atom is 0.321 e. The molecule has 2 rings (SSSR count). The Hall–Kier alpha value is -1.33. The normalized spacial score (nSPS) is 10.9. The van der Waals surface area contributed by atoms with Gasteiger partial charge >= 0.3 is 6.03 Å². The fourth-order valence-electron chi connectivity index (χ4n) is 1.55. The van der Waals surface area contributed by atoms with Gasteiger partial charge in [-0.3, -0.25) is 5.32 Å². The van der Waals surface area contributed by atoms with E-state index in [2.05, 4.69) is 15.6 Å². The molecular weight excluding hydrogens is 270 g/mol. The van der Waals surface area contributed by atoms with Gasteiger partial charge in [0.1, 0.15) is 0 Å². The highest BCUT2D eigenvalue weighted by Crippen LogP contribution is 2.31. The lowest BCUT2D eigenvalue weighted by molar-refractivity contribution is 0.250. The summed E-state index contributed by atoms with van der Waals surface area (Å²) < 4.78 is 1.01. The lowest BCUT2D eigenvalue weighted by Gasteiger charge is -2.07. The highest BCUT2D eigenvalue weighted by molar-refractivity contribution is 7.22. The minimum Gasteiger partial charge on any atom is -0.336 e. The van der Waals surface area contributed by atoms with E-state index in [9.17, 15) is 4.79 Å². The van der Waals surface area contributed by atoms with Gasteiger partial charge in [0.15, 0.2) is 5.13 Å². The van der Waals surface area contributed by atoms with Gasteiger partial charge < -0.3 is 5.32 Å². The van der Waals surface area contributed by atoms with E-state index in [1.54, 1.807) is 0 Å². The number of nitrogens with zero attached hydrogens (tertiary/aromatic N) is 1. The fraction of sp³-hybridized carbons (Fsp3) is 0.333. The highest BCUT2D eigenvalue weighted by atomic mass is 35.5. The number of rotatable bonds is 2. The standard InChI is InChI=1S/C12H14ClN3OS/c1-6(2)14-11(17)16-12-15-10-7(3)8(13)4-5-9(10)18-12/h4-6H,1-3H3,(H2,14,15,16,17). The summed E-state index contributed by atoms with van der Waals surface area (Å²) in [5.74, 6) is 0. The predicted octanol–water partition coefficient (Wildman–Crippen LogP) is 3.79. The van der Waals surface area contributed by atoms with Crippen molar-refractivity contribution < 1.29 is 4.79 Å². The third-order valence-corrected chi connectivity index (χ3v) is 3.73. The van der Waals surface area contributed by atoms with Gasteiger partial charge in [-0.05, 0) is 38.5 Å². The maximum absolute atomic E-state index is 11.6. The number of thiazole rings is 1. The van der Waals surface area contributed by atoms with Gasteiger partial charge in [-0.1, -0.05) is 22.9 Å². The second-order valence-corrected chi connectivity index (χ2v) is 5.73. The number of benzene rings is 1. The first-order chi connectivity index (χ1) is 8.47. The minimum atomic E-state index is -0.243. The number of aromatic nitrogens is 1. The molecule has 6 heteroatoms. The van der Waals surface area contributed by atoms with E-state index in [0.29, 0.717) is 10.2 Å². The van der Waals surface area contributed by atoms with Gasteiger partial charge in [-0.15, -0.1) is 0 Å². The summed E-state index contributed by atoms with van der Waals surface area (Å²) in [6, 6.07) is 3.60. The van der Waals surface area contributed by atoms with Crippen molar-refractivity contribution in [2.45, 2.75) is 26.8 Å². The van der Waals surface area contributed by atoms with Crippen LogP contribution in [0.2, 0.25) is 5.02 Å². The molecule has 0 aliphatic carbocycles. The van der Waals surface area contributed by atoms with E-state index >= 15 is 0 Å². The molecule has 0 saturated carbocycles. The van der Waals surface area contributed by atoms with Crippen molar-refractivity contribution in [1.29, 1.82) is 0 Å². The Morgan fingerprint density at radius 1 is 1.44 bits per heavy atom. The van der Waals surface area contributed by atoms with E-state index in [1.165, 1.54) is 11.3 Å². The molecule has 2 amide bonds. The molecule has 0 radical (unpaired) electrons. The van der Waals surface area contributed by atoms with Crippen LogP contribution in [0.5, 0.6) is 0 Å². The zero-order valence-electron chi connectivity index (χ0n) is 10.4. The van der Waals surface area contributed by atoms with Crippen molar-refractivity contribution >= 4 is 44.3 Å². The van der Waals surface area contributed by atoms with Crippen LogP contribution in [0.3, 0.4) is 0 Å². The number of amides is 2. The lowest BCUT2D eigenvalue weighted by atomic mass is 10.2. The summed E-state index contributed by atoms with van der Waals surface area (Å²) in [5.41, 5.74) is 1.77. The van der Waals surface area contributed by atoms with Crippen LogP contribution in [0, 0.1) is 6.92 Å².